The van der Waals surface area contributed by atoms with E-state index in [9.17, 15) is 4.79 Å². The van der Waals surface area contributed by atoms with E-state index in [0.717, 1.165) is 86.8 Å². The molecule has 2 saturated heterocycles. The van der Waals surface area contributed by atoms with Crippen molar-refractivity contribution >= 4 is 28.4 Å². The van der Waals surface area contributed by atoms with Gasteiger partial charge in [0.1, 0.15) is 17.9 Å². The maximum absolute atomic E-state index is 12.7. The van der Waals surface area contributed by atoms with Crippen LogP contribution in [0.4, 0.5) is 16.3 Å². The molecule has 3 heterocycles. The van der Waals surface area contributed by atoms with Crippen molar-refractivity contribution in [2.75, 3.05) is 69.7 Å². The number of rotatable bonds is 9. The zero-order chi connectivity index (χ0) is 30.8. The average molecular weight is 590 g/mol. The Kier molecular flexibility index (Phi) is 12.0. The number of benzene rings is 2. The zero-order valence-corrected chi connectivity index (χ0v) is 27.0. The second kappa shape index (κ2) is 15.9. The Bertz CT molecular complexity index is 1290. The van der Waals surface area contributed by atoms with E-state index < -0.39 is 0 Å². The summed E-state index contributed by atoms with van der Waals surface area (Å²) in [6, 6.07) is 14.1. The van der Waals surface area contributed by atoms with Crippen LogP contribution in [0.2, 0.25) is 0 Å². The van der Waals surface area contributed by atoms with Crippen LogP contribution < -0.4 is 20.3 Å². The van der Waals surface area contributed by atoms with Crippen LogP contribution in [0.15, 0.2) is 48.8 Å². The lowest BCUT2D eigenvalue weighted by atomic mass is 9.93. The second-order valence-electron chi connectivity index (χ2n) is 11.9. The molecule has 2 unspecified atom stereocenters. The Hall–Kier alpha value is -3.43. The molecule has 9 nitrogen and oxygen atoms in total. The largest absolute Gasteiger partial charge is 0.493 e. The third-order valence-electron chi connectivity index (χ3n) is 8.43. The van der Waals surface area contributed by atoms with Gasteiger partial charge in [-0.3, -0.25) is 0 Å². The highest BCUT2D eigenvalue weighted by Crippen LogP contribution is 2.30. The van der Waals surface area contributed by atoms with E-state index >= 15 is 0 Å². The van der Waals surface area contributed by atoms with E-state index in [2.05, 4.69) is 81.3 Å². The van der Waals surface area contributed by atoms with E-state index in [0.29, 0.717) is 12.5 Å². The quantitative estimate of drug-likeness (QED) is 0.304. The number of nitrogens with zero attached hydrogens (tertiary/aromatic N) is 5. The molecule has 2 aromatic carbocycles. The molecule has 0 aliphatic carbocycles. The number of ether oxygens (including phenoxy) is 1. The monoisotopic (exact) mass is 589 g/mol. The number of hydrogen-bond acceptors (Lipinski definition) is 7. The van der Waals surface area contributed by atoms with Gasteiger partial charge in [-0.2, -0.15) is 0 Å². The number of anilines is 2. The van der Waals surface area contributed by atoms with Crippen LogP contribution in [0.5, 0.6) is 5.75 Å². The van der Waals surface area contributed by atoms with Crippen LogP contribution in [0.1, 0.15) is 58.9 Å². The van der Waals surface area contributed by atoms with Crippen LogP contribution >= 0.6 is 0 Å². The van der Waals surface area contributed by atoms with E-state index in [4.69, 9.17) is 4.74 Å². The normalized spacial score (nSPS) is 19.6. The molecule has 0 bridgehead atoms. The molecule has 2 aliphatic rings. The topological polar surface area (TPSA) is 85.9 Å². The molecule has 2 N–H and O–H groups in total. The predicted molar refractivity (Wildman–Crippen MR) is 177 cm³/mol. The van der Waals surface area contributed by atoms with Crippen molar-refractivity contribution in [2.45, 2.75) is 59.4 Å². The minimum atomic E-state index is -0.156. The molecule has 43 heavy (non-hydrogen) atoms. The molecule has 0 spiro atoms. The zero-order valence-electron chi connectivity index (χ0n) is 27.0. The standard InChI is InChI=1S/C32H45N7O2.C2H6/c1-23(2)25-6-8-26(9-7-25)35-32(40)36-29-12-14-39(21-24(29)3)31-28-11-10-27(20-30(28)33-22-34-31)41-19-5-13-38-17-15-37(4)16-18-38;1-2/h6-11,20,22-24,29H,5,12-19,21H2,1-4H3,(H2,35,36,40);1-2H3. The van der Waals surface area contributed by atoms with Gasteiger partial charge in [-0.05, 0) is 61.6 Å². The molecule has 2 aliphatic heterocycles. The van der Waals surface area contributed by atoms with Gasteiger partial charge in [0.05, 0.1) is 12.1 Å². The molecular formula is C34H51N7O2. The number of carbonyl (C=O) groups is 1. The molecule has 1 aromatic heterocycles. The van der Waals surface area contributed by atoms with Crippen LogP contribution in [-0.4, -0.2) is 91.3 Å². The number of amides is 2. The van der Waals surface area contributed by atoms with Gasteiger partial charge in [0.25, 0.3) is 0 Å². The predicted octanol–water partition coefficient (Wildman–Crippen LogP) is 5.83. The number of piperidine rings is 1. The first-order valence-corrected chi connectivity index (χ1v) is 16.1. The third-order valence-corrected chi connectivity index (χ3v) is 8.43. The highest BCUT2D eigenvalue weighted by Gasteiger charge is 2.29. The van der Waals surface area contributed by atoms with Gasteiger partial charge >= 0.3 is 6.03 Å². The summed E-state index contributed by atoms with van der Waals surface area (Å²) < 4.78 is 6.08. The first-order chi connectivity index (χ1) is 20.9. The number of likely N-dealkylation sites (N-methyl/N-ethyl adjacent to an activating group) is 1. The Labute approximate surface area is 258 Å². The highest BCUT2D eigenvalue weighted by molar-refractivity contribution is 5.91. The molecule has 2 amide bonds. The third kappa shape index (κ3) is 9.03. The summed E-state index contributed by atoms with van der Waals surface area (Å²) in [7, 11) is 2.19. The number of fused-ring (bicyclic) bond motifs is 1. The molecular weight excluding hydrogens is 538 g/mol. The Morgan fingerprint density at radius 3 is 2.47 bits per heavy atom. The maximum Gasteiger partial charge on any atom is 0.319 e. The molecule has 3 aromatic rings. The summed E-state index contributed by atoms with van der Waals surface area (Å²) in [5.41, 5.74) is 2.96. The van der Waals surface area contributed by atoms with Crippen molar-refractivity contribution in [3.8, 4) is 5.75 Å². The summed E-state index contributed by atoms with van der Waals surface area (Å²) in [4.78, 5) is 29.1. The Morgan fingerprint density at radius 2 is 1.77 bits per heavy atom. The summed E-state index contributed by atoms with van der Waals surface area (Å²) >= 11 is 0. The molecule has 0 radical (unpaired) electrons. The molecule has 2 atom stereocenters. The average Bonchev–Trinajstić information content (AvgIpc) is 3.02. The lowest BCUT2D eigenvalue weighted by molar-refractivity contribution is 0.145. The van der Waals surface area contributed by atoms with Crippen LogP contribution in [0.3, 0.4) is 0 Å². The molecule has 5 rings (SSSR count). The fourth-order valence-corrected chi connectivity index (χ4v) is 5.75. The molecule has 2 fully saturated rings. The van der Waals surface area contributed by atoms with Crippen molar-refractivity contribution in [1.82, 2.24) is 25.1 Å². The van der Waals surface area contributed by atoms with Gasteiger partial charge in [-0.1, -0.05) is 46.8 Å². The first kappa shape index (κ1) is 32.5. The smallest absolute Gasteiger partial charge is 0.319 e. The number of urea groups is 1. The van der Waals surface area contributed by atoms with Crippen LogP contribution in [0.25, 0.3) is 10.9 Å². The molecule has 9 heteroatoms. The Balaban J connectivity index is 0.00000207. The fraction of sp³-hybridized carbons (Fsp3) is 0.559. The van der Waals surface area contributed by atoms with Crippen molar-refractivity contribution in [3.05, 3.63) is 54.4 Å². The molecule has 0 saturated carbocycles. The minimum absolute atomic E-state index is 0.0973. The SMILES string of the molecule is CC.CC(C)c1ccc(NC(=O)NC2CCN(c3ncnc4cc(OCCCN5CCN(C)CC5)ccc34)CC2C)cc1. The fourth-order valence-electron chi connectivity index (χ4n) is 5.75. The summed E-state index contributed by atoms with van der Waals surface area (Å²) in [5, 5.41) is 7.20. The first-order valence-electron chi connectivity index (χ1n) is 16.1. The number of piperazine rings is 1. The number of nitrogens with one attached hydrogen (secondary N) is 2. The van der Waals surface area contributed by atoms with Gasteiger partial charge in [0.15, 0.2) is 0 Å². The van der Waals surface area contributed by atoms with E-state index in [1.165, 1.54) is 5.56 Å². The lowest BCUT2D eigenvalue weighted by Crippen LogP contribution is -2.51. The summed E-state index contributed by atoms with van der Waals surface area (Å²) in [5.74, 6) is 2.53. The summed E-state index contributed by atoms with van der Waals surface area (Å²) in [6.45, 7) is 18.5. The number of hydrogen-bond donors (Lipinski definition) is 2. The van der Waals surface area contributed by atoms with Gasteiger partial charge in [0, 0.05) is 69.0 Å². The lowest BCUT2D eigenvalue weighted by Gasteiger charge is -2.38. The summed E-state index contributed by atoms with van der Waals surface area (Å²) in [6.07, 6.45) is 3.50. The molecule has 234 valence electrons. The second-order valence-corrected chi connectivity index (χ2v) is 11.9. The van der Waals surface area contributed by atoms with E-state index in [1.54, 1.807) is 6.33 Å². The number of aromatic nitrogens is 2. The van der Waals surface area contributed by atoms with Gasteiger partial charge in [-0.15, -0.1) is 0 Å². The minimum Gasteiger partial charge on any atom is -0.493 e. The van der Waals surface area contributed by atoms with E-state index in [-0.39, 0.29) is 18.0 Å². The van der Waals surface area contributed by atoms with Crippen molar-refractivity contribution < 1.29 is 9.53 Å². The van der Waals surface area contributed by atoms with Gasteiger partial charge < -0.3 is 30.1 Å². The highest BCUT2D eigenvalue weighted by atomic mass is 16.5. The van der Waals surface area contributed by atoms with Crippen molar-refractivity contribution in [2.24, 2.45) is 5.92 Å². The van der Waals surface area contributed by atoms with Gasteiger partial charge in [-0.25, -0.2) is 14.8 Å². The Morgan fingerprint density at radius 1 is 1.02 bits per heavy atom. The van der Waals surface area contributed by atoms with E-state index in [1.807, 2.05) is 38.1 Å². The maximum atomic E-state index is 12.7. The van der Waals surface area contributed by atoms with Crippen LogP contribution in [-0.2, 0) is 0 Å². The van der Waals surface area contributed by atoms with Crippen molar-refractivity contribution in [3.63, 3.8) is 0 Å². The van der Waals surface area contributed by atoms with Gasteiger partial charge in [0.2, 0.25) is 0 Å². The van der Waals surface area contributed by atoms with Crippen molar-refractivity contribution in [1.29, 1.82) is 0 Å². The number of carbonyl (C=O) groups excluding carboxylic acids is 1. The van der Waals surface area contributed by atoms with Crippen LogP contribution in [0, 0.1) is 5.92 Å².